The summed E-state index contributed by atoms with van der Waals surface area (Å²) in [7, 11) is 1.57. The Morgan fingerprint density at radius 3 is 2.72 bits per heavy atom. The van der Waals surface area contributed by atoms with Crippen molar-refractivity contribution in [2.45, 2.75) is 32.9 Å². The molecule has 2 atom stereocenters. The molecule has 1 aromatic rings. The van der Waals surface area contributed by atoms with Crippen molar-refractivity contribution in [1.82, 2.24) is 5.32 Å². The van der Waals surface area contributed by atoms with Gasteiger partial charge in [0.15, 0.2) is 0 Å². The molecular weight excluding hydrogens is 249 g/mol. The van der Waals surface area contributed by atoms with Crippen LogP contribution in [0.1, 0.15) is 32.4 Å². The average Bonchev–Trinajstić information content (AvgIpc) is 2.35. The number of nitrogens with one attached hydrogen (secondary N) is 1. The van der Waals surface area contributed by atoms with E-state index in [4.69, 9.17) is 4.74 Å². The number of thioether (sulfide) groups is 1. The van der Waals surface area contributed by atoms with Crippen LogP contribution in [0.4, 0.5) is 4.39 Å². The Kier molecular flexibility index (Phi) is 6.50. The predicted molar refractivity (Wildman–Crippen MR) is 77.0 cm³/mol. The Balaban J connectivity index is 2.74. The van der Waals surface area contributed by atoms with Gasteiger partial charge in [0.2, 0.25) is 0 Å². The molecule has 0 aliphatic rings. The summed E-state index contributed by atoms with van der Waals surface area (Å²) in [5.41, 5.74) is 0.605. The van der Waals surface area contributed by atoms with Crippen molar-refractivity contribution in [1.29, 1.82) is 0 Å². The molecule has 0 amide bonds. The van der Waals surface area contributed by atoms with Crippen LogP contribution in [-0.2, 0) is 0 Å². The lowest BCUT2D eigenvalue weighted by Gasteiger charge is -2.22. The summed E-state index contributed by atoms with van der Waals surface area (Å²) < 4.78 is 19.1. The van der Waals surface area contributed by atoms with Crippen molar-refractivity contribution in [3.8, 4) is 5.75 Å². The molecule has 1 N–H and O–H groups in total. The smallest absolute Gasteiger partial charge is 0.131 e. The van der Waals surface area contributed by atoms with Crippen LogP contribution in [0, 0.1) is 5.82 Å². The second kappa shape index (κ2) is 7.64. The molecule has 1 aromatic carbocycles. The first kappa shape index (κ1) is 15.3. The zero-order chi connectivity index (χ0) is 13.5. The monoisotopic (exact) mass is 271 g/mol. The molecule has 0 saturated carbocycles. The van der Waals surface area contributed by atoms with Crippen LogP contribution >= 0.6 is 11.8 Å². The van der Waals surface area contributed by atoms with Crippen LogP contribution < -0.4 is 10.1 Å². The lowest BCUT2D eigenvalue weighted by Crippen LogP contribution is -2.31. The van der Waals surface area contributed by atoms with Gasteiger partial charge >= 0.3 is 0 Å². The van der Waals surface area contributed by atoms with E-state index in [0.717, 1.165) is 11.5 Å². The largest absolute Gasteiger partial charge is 0.496 e. The summed E-state index contributed by atoms with van der Waals surface area (Å²) in [6.07, 6.45) is 0. The fourth-order valence-electron chi connectivity index (χ4n) is 1.97. The Labute approximate surface area is 113 Å². The summed E-state index contributed by atoms with van der Waals surface area (Å²) in [5.74, 6) is 2.51. The third kappa shape index (κ3) is 4.18. The van der Waals surface area contributed by atoms with Crippen molar-refractivity contribution in [3.05, 3.63) is 29.6 Å². The van der Waals surface area contributed by atoms with Crippen LogP contribution in [0.25, 0.3) is 0 Å². The van der Waals surface area contributed by atoms with E-state index in [0.29, 0.717) is 17.4 Å². The average molecular weight is 271 g/mol. The number of halogens is 1. The Bertz CT molecular complexity index is 373. The topological polar surface area (TPSA) is 21.3 Å². The number of rotatable bonds is 7. The van der Waals surface area contributed by atoms with E-state index >= 15 is 0 Å². The first-order valence-electron chi connectivity index (χ1n) is 6.26. The maximum absolute atomic E-state index is 13.9. The number of ether oxygens (including phenoxy) is 1. The molecule has 0 fully saturated rings. The van der Waals surface area contributed by atoms with E-state index in [2.05, 4.69) is 19.2 Å². The van der Waals surface area contributed by atoms with Gasteiger partial charge in [-0.2, -0.15) is 11.8 Å². The zero-order valence-corrected chi connectivity index (χ0v) is 12.3. The van der Waals surface area contributed by atoms with E-state index in [9.17, 15) is 4.39 Å². The van der Waals surface area contributed by atoms with Gasteiger partial charge in [0.25, 0.3) is 0 Å². The Morgan fingerprint density at radius 2 is 2.11 bits per heavy atom. The second-order valence-corrected chi connectivity index (χ2v) is 5.62. The number of methoxy groups -OCH3 is 1. The van der Waals surface area contributed by atoms with Crippen LogP contribution in [0.3, 0.4) is 0 Å². The van der Waals surface area contributed by atoms with Gasteiger partial charge in [-0.05, 0) is 31.7 Å². The first-order valence-corrected chi connectivity index (χ1v) is 7.41. The van der Waals surface area contributed by atoms with Gasteiger partial charge in [-0.1, -0.05) is 13.0 Å². The molecule has 0 heterocycles. The highest BCUT2D eigenvalue weighted by molar-refractivity contribution is 7.99. The SMILES string of the molecule is CCSCC(C)NC(C)c1c(F)cccc1OC. The van der Waals surface area contributed by atoms with Crippen LogP contribution in [0.15, 0.2) is 18.2 Å². The highest BCUT2D eigenvalue weighted by Gasteiger charge is 2.17. The minimum atomic E-state index is -0.218. The van der Waals surface area contributed by atoms with Gasteiger partial charge in [-0.15, -0.1) is 0 Å². The van der Waals surface area contributed by atoms with Crippen molar-refractivity contribution in [3.63, 3.8) is 0 Å². The molecule has 0 aliphatic carbocycles. The fraction of sp³-hybridized carbons (Fsp3) is 0.571. The second-order valence-electron chi connectivity index (χ2n) is 4.30. The van der Waals surface area contributed by atoms with Crippen LogP contribution in [-0.4, -0.2) is 24.7 Å². The summed E-state index contributed by atoms with van der Waals surface area (Å²) in [6, 6.07) is 5.22. The molecule has 0 bridgehead atoms. The van der Waals surface area contributed by atoms with E-state index in [1.165, 1.54) is 6.07 Å². The quantitative estimate of drug-likeness (QED) is 0.818. The minimum Gasteiger partial charge on any atom is -0.496 e. The first-order chi connectivity index (χ1) is 8.60. The van der Waals surface area contributed by atoms with Gasteiger partial charge in [0, 0.05) is 23.4 Å². The molecule has 0 aliphatic heterocycles. The third-order valence-electron chi connectivity index (χ3n) is 2.77. The lowest BCUT2D eigenvalue weighted by atomic mass is 10.1. The summed E-state index contributed by atoms with van der Waals surface area (Å²) >= 11 is 1.88. The van der Waals surface area contributed by atoms with Crippen LogP contribution in [0.2, 0.25) is 0 Å². The molecule has 0 spiro atoms. The van der Waals surface area contributed by atoms with Gasteiger partial charge in [-0.25, -0.2) is 4.39 Å². The highest BCUT2D eigenvalue weighted by atomic mass is 32.2. The standard InChI is InChI=1S/C14H22FNOS/c1-5-18-9-10(2)16-11(3)14-12(15)7-6-8-13(14)17-4/h6-8,10-11,16H,5,9H2,1-4H3. The number of hydrogen-bond acceptors (Lipinski definition) is 3. The Hall–Kier alpha value is -0.740. The molecule has 2 unspecified atom stereocenters. The van der Waals surface area contributed by atoms with Crippen molar-refractivity contribution >= 4 is 11.8 Å². The van der Waals surface area contributed by atoms with Gasteiger partial charge < -0.3 is 10.1 Å². The summed E-state index contributed by atoms with van der Waals surface area (Å²) in [6.45, 7) is 6.22. The molecule has 1 rings (SSSR count). The van der Waals surface area contributed by atoms with Gasteiger partial charge in [-0.3, -0.25) is 0 Å². The normalized spacial score (nSPS) is 14.3. The maximum Gasteiger partial charge on any atom is 0.131 e. The molecule has 102 valence electrons. The van der Waals surface area contributed by atoms with E-state index in [-0.39, 0.29) is 11.9 Å². The minimum absolute atomic E-state index is 0.0615. The molecule has 4 heteroatoms. The maximum atomic E-state index is 13.9. The van der Waals surface area contributed by atoms with E-state index in [1.54, 1.807) is 19.2 Å². The van der Waals surface area contributed by atoms with Gasteiger partial charge in [0.1, 0.15) is 11.6 Å². The lowest BCUT2D eigenvalue weighted by molar-refractivity contribution is 0.389. The Morgan fingerprint density at radius 1 is 1.39 bits per heavy atom. The molecule has 0 saturated heterocycles. The number of hydrogen-bond donors (Lipinski definition) is 1. The zero-order valence-electron chi connectivity index (χ0n) is 11.5. The van der Waals surface area contributed by atoms with Crippen molar-refractivity contribution in [2.75, 3.05) is 18.6 Å². The third-order valence-corrected chi connectivity index (χ3v) is 3.92. The van der Waals surface area contributed by atoms with Gasteiger partial charge in [0.05, 0.1) is 7.11 Å². The van der Waals surface area contributed by atoms with E-state index < -0.39 is 0 Å². The number of benzene rings is 1. The summed E-state index contributed by atoms with van der Waals surface area (Å²) in [4.78, 5) is 0. The molecule has 0 aromatic heterocycles. The molecule has 0 radical (unpaired) electrons. The van der Waals surface area contributed by atoms with Crippen LogP contribution in [0.5, 0.6) is 5.75 Å². The summed E-state index contributed by atoms with van der Waals surface area (Å²) in [5, 5.41) is 3.41. The van der Waals surface area contributed by atoms with Crippen molar-refractivity contribution < 1.29 is 9.13 Å². The molecule has 18 heavy (non-hydrogen) atoms. The molecule has 2 nitrogen and oxygen atoms in total. The highest BCUT2D eigenvalue weighted by Crippen LogP contribution is 2.28. The van der Waals surface area contributed by atoms with Crippen molar-refractivity contribution in [2.24, 2.45) is 0 Å². The predicted octanol–water partition coefficient (Wildman–Crippen LogP) is 3.63. The van der Waals surface area contributed by atoms with E-state index in [1.807, 2.05) is 18.7 Å². The fourth-order valence-corrected chi connectivity index (χ4v) is 2.65. The molecular formula is C14H22FNOS.